The highest BCUT2D eigenvalue weighted by molar-refractivity contribution is 7.91. The van der Waals surface area contributed by atoms with E-state index in [0.29, 0.717) is 22.3 Å². The number of hydrogen-bond acceptors (Lipinski definition) is 6. The molecule has 4 aromatic carbocycles. The molecule has 0 radical (unpaired) electrons. The Labute approximate surface area is 264 Å². The van der Waals surface area contributed by atoms with E-state index < -0.39 is 21.5 Å². The third-order valence-corrected chi connectivity index (χ3v) is 8.60. The van der Waals surface area contributed by atoms with Crippen molar-refractivity contribution in [3.8, 4) is 28.4 Å². The highest BCUT2D eigenvalue weighted by atomic mass is 32.2. The van der Waals surface area contributed by atoms with Crippen molar-refractivity contribution in [3.05, 3.63) is 101 Å². The van der Waals surface area contributed by atoms with Gasteiger partial charge in [0.25, 0.3) is 0 Å². The Hall–Kier alpha value is -3.87. The molecule has 0 saturated carbocycles. The lowest BCUT2D eigenvalue weighted by Crippen LogP contribution is -2.33. The molecule has 4 rings (SSSR count). The molecule has 0 aliphatic heterocycles. The lowest BCUT2D eigenvalue weighted by molar-refractivity contribution is -0.884. The summed E-state index contributed by atoms with van der Waals surface area (Å²) < 4.78 is 68.5. The quantitative estimate of drug-likeness (QED) is 0.179. The molecule has 8 nitrogen and oxygen atoms in total. The minimum absolute atomic E-state index is 0. The van der Waals surface area contributed by atoms with Gasteiger partial charge in [-0.1, -0.05) is 18.2 Å². The molecular formula is C34H42F2N2O6S. The average Bonchev–Trinajstić information content (AvgIpc) is 2.90. The van der Waals surface area contributed by atoms with Gasteiger partial charge in [-0.3, -0.25) is 0 Å². The van der Waals surface area contributed by atoms with Crippen molar-refractivity contribution in [2.75, 3.05) is 49.4 Å². The first-order valence-electron chi connectivity index (χ1n) is 13.9. The zero-order valence-electron chi connectivity index (χ0n) is 26.9. The van der Waals surface area contributed by atoms with Crippen LogP contribution in [0, 0.1) is 18.6 Å². The van der Waals surface area contributed by atoms with Crippen LogP contribution in [0.5, 0.6) is 17.2 Å². The molecule has 0 aliphatic rings. The highest BCUT2D eigenvalue weighted by Gasteiger charge is 2.23. The van der Waals surface area contributed by atoms with Crippen LogP contribution in [-0.4, -0.2) is 77.7 Å². The summed E-state index contributed by atoms with van der Waals surface area (Å²) in [6.07, 6.45) is 0. The Bertz CT molecular complexity index is 1760. The second-order valence-corrected chi connectivity index (χ2v) is 14.8. The van der Waals surface area contributed by atoms with Crippen molar-refractivity contribution < 1.29 is 46.6 Å². The zero-order chi connectivity index (χ0) is 31.7. The number of methoxy groups -OCH3 is 1. The van der Waals surface area contributed by atoms with Gasteiger partial charge < -0.3 is 29.4 Å². The number of benzene rings is 4. The molecule has 0 spiro atoms. The summed E-state index contributed by atoms with van der Waals surface area (Å²) in [5.74, 6) is -0.300. The molecule has 0 saturated heterocycles. The number of ether oxygens (including phenoxy) is 2. The van der Waals surface area contributed by atoms with Crippen LogP contribution < -0.4 is 9.47 Å². The molecule has 0 amide bonds. The molecule has 4 aromatic rings. The first kappa shape index (κ1) is 37.3. The predicted molar refractivity (Wildman–Crippen MR) is 169 cm³/mol. The lowest BCUT2D eigenvalue weighted by atomic mass is 9.99. The van der Waals surface area contributed by atoms with E-state index in [1.165, 1.54) is 31.2 Å². The Balaban J connectivity index is 0.00000353. The number of quaternary nitrogens is 2. The van der Waals surface area contributed by atoms with Crippen LogP contribution in [0.15, 0.2) is 82.6 Å². The van der Waals surface area contributed by atoms with Crippen LogP contribution in [0.4, 0.5) is 8.78 Å². The van der Waals surface area contributed by atoms with Gasteiger partial charge in [-0.25, -0.2) is 17.2 Å². The van der Waals surface area contributed by atoms with E-state index in [0.717, 1.165) is 51.2 Å². The van der Waals surface area contributed by atoms with Gasteiger partial charge in [0.15, 0.2) is 11.6 Å². The maximum absolute atomic E-state index is 15.3. The Morgan fingerprint density at radius 2 is 1.07 bits per heavy atom. The molecule has 0 aliphatic carbocycles. The fraction of sp³-hybridized carbons (Fsp3) is 0.294. The first-order chi connectivity index (χ1) is 20.0. The van der Waals surface area contributed by atoms with Gasteiger partial charge in [-0.05, 0) is 78.2 Å². The second-order valence-electron chi connectivity index (χ2n) is 12.9. The van der Waals surface area contributed by atoms with Crippen molar-refractivity contribution in [2.24, 2.45) is 0 Å². The third kappa shape index (κ3) is 9.09. The number of rotatable bonds is 10. The molecular weight excluding hydrogens is 602 g/mol. The van der Waals surface area contributed by atoms with Crippen LogP contribution in [-0.2, 0) is 22.9 Å². The summed E-state index contributed by atoms with van der Waals surface area (Å²) >= 11 is 0. The van der Waals surface area contributed by atoms with Crippen LogP contribution in [0.25, 0.3) is 11.1 Å². The molecule has 0 fully saturated rings. The standard InChI is InChI=1S/C34H40F2N2O4S.2H2O/c1-23-9-12-28(19-30(23)35)43(39,40)29-13-16-34(31(36)20-29)42-33-15-11-25(18-27(33)22-38(5,6)7)24-10-14-32(41-8)26(17-24)21-37(2,3)4;;/h9-20H,21-22H2,1-8H3;2*1H2/q+2;;/p-2. The molecule has 244 valence electrons. The molecule has 2 N–H and O–H groups in total. The fourth-order valence-electron chi connectivity index (χ4n) is 4.81. The van der Waals surface area contributed by atoms with Crippen molar-refractivity contribution in [2.45, 2.75) is 29.8 Å². The molecule has 0 bridgehead atoms. The van der Waals surface area contributed by atoms with Gasteiger partial charge in [0.2, 0.25) is 9.84 Å². The SMILES string of the molecule is COc1ccc(-c2ccc(Oc3ccc(S(=O)(=O)c4ccc(C)c(F)c4)cc3F)c(C[N+](C)(C)C)c2)cc1C[N+](C)(C)C.[OH-].[OH-]. The summed E-state index contributed by atoms with van der Waals surface area (Å²) in [6.45, 7) is 2.92. The lowest BCUT2D eigenvalue weighted by Gasteiger charge is -2.26. The zero-order valence-corrected chi connectivity index (χ0v) is 27.7. The number of halogens is 2. The van der Waals surface area contributed by atoms with Gasteiger partial charge in [0.1, 0.15) is 30.4 Å². The molecule has 0 heterocycles. The van der Waals surface area contributed by atoms with E-state index >= 15 is 4.39 Å². The largest absolute Gasteiger partial charge is 0.870 e. The molecule has 0 atom stereocenters. The van der Waals surface area contributed by atoms with E-state index in [4.69, 9.17) is 9.47 Å². The average molecular weight is 645 g/mol. The maximum Gasteiger partial charge on any atom is 0.206 e. The van der Waals surface area contributed by atoms with Crippen LogP contribution in [0.2, 0.25) is 0 Å². The summed E-state index contributed by atoms with van der Waals surface area (Å²) in [5, 5.41) is 0. The summed E-state index contributed by atoms with van der Waals surface area (Å²) in [6, 6.07) is 19.0. The number of sulfone groups is 1. The Morgan fingerprint density at radius 3 is 1.53 bits per heavy atom. The van der Waals surface area contributed by atoms with Gasteiger partial charge in [0.05, 0.1) is 59.2 Å². The summed E-state index contributed by atoms with van der Waals surface area (Å²) in [7, 11) is 10.1. The molecule has 0 aromatic heterocycles. The van der Waals surface area contributed by atoms with Crippen LogP contribution >= 0.6 is 0 Å². The van der Waals surface area contributed by atoms with E-state index in [-0.39, 0.29) is 26.5 Å². The third-order valence-electron chi connectivity index (χ3n) is 6.85. The number of aryl methyl sites for hydroxylation is 1. The van der Waals surface area contributed by atoms with Gasteiger partial charge in [0, 0.05) is 11.1 Å². The number of nitrogens with zero attached hydrogens (tertiary/aromatic N) is 2. The normalized spacial score (nSPS) is 11.8. The van der Waals surface area contributed by atoms with Gasteiger partial charge in [-0.15, -0.1) is 0 Å². The van der Waals surface area contributed by atoms with Crippen molar-refractivity contribution >= 4 is 9.84 Å². The second kappa shape index (κ2) is 14.1. The molecule has 45 heavy (non-hydrogen) atoms. The minimum atomic E-state index is -4.13. The maximum atomic E-state index is 15.3. The van der Waals surface area contributed by atoms with Crippen molar-refractivity contribution in [3.63, 3.8) is 0 Å². The molecule has 11 heteroatoms. The van der Waals surface area contributed by atoms with Gasteiger partial charge in [-0.2, -0.15) is 0 Å². The molecule has 0 unspecified atom stereocenters. The van der Waals surface area contributed by atoms with Crippen LogP contribution in [0.3, 0.4) is 0 Å². The highest BCUT2D eigenvalue weighted by Crippen LogP contribution is 2.35. The van der Waals surface area contributed by atoms with E-state index in [2.05, 4.69) is 48.4 Å². The van der Waals surface area contributed by atoms with Crippen molar-refractivity contribution in [1.82, 2.24) is 0 Å². The van der Waals surface area contributed by atoms with Gasteiger partial charge >= 0.3 is 0 Å². The minimum Gasteiger partial charge on any atom is -0.870 e. The summed E-state index contributed by atoms with van der Waals surface area (Å²) in [5.41, 5.74) is 4.27. The smallest absolute Gasteiger partial charge is 0.206 e. The summed E-state index contributed by atoms with van der Waals surface area (Å²) in [4.78, 5) is -0.528. The van der Waals surface area contributed by atoms with E-state index in [1.807, 2.05) is 30.3 Å². The fourth-order valence-corrected chi connectivity index (χ4v) is 6.10. The monoisotopic (exact) mass is 644 g/mol. The Morgan fingerprint density at radius 1 is 0.622 bits per heavy atom. The first-order valence-corrected chi connectivity index (χ1v) is 15.3. The predicted octanol–water partition coefficient (Wildman–Crippen LogP) is 6.63. The van der Waals surface area contributed by atoms with Crippen LogP contribution in [0.1, 0.15) is 16.7 Å². The van der Waals surface area contributed by atoms with E-state index in [1.54, 1.807) is 7.11 Å². The number of hydrogen-bond donors (Lipinski definition) is 0. The van der Waals surface area contributed by atoms with E-state index in [9.17, 15) is 12.8 Å². The Kier molecular flexibility index (Phi) is 11.7. The van der Waals surface area contributed by atoms with Crippen molar-refractivity contribution in [1.29, 1.82) is 0 Å². The topological polar surface area (TPSA) is 113 Å².